The molecule has 3 nitrogen and oxygen atoms in total. The van der Waals surface area contributed by atoms with E-state index in [1.807, 2.05) is 11.9 Å². The molecular formula is C12H23F3N2O. The van der Waals surface area contributed by atoms with Crippen molar-refractivity contribution in [1.82, 2.24) is 10.2 Å². The highest BCUT2D eigenvalue weighted by molar-refractivity contribution is 4.87. The molecule has 1 unspecified atom stereocenters. The number of hydrogen-bond donors (Lipinski definition) is 1. The van der Waals surface area contributed by atoms with Crippen LogP contribution in [0.2, 0.25) is 0 Å². The predicted octanol–water partition coefficient (Wildman–Crippen LogP) is 2.23. The van der Waals surface area contributed by atoms with E-state index in [2.05, 4.69) is 23.9 Å². The van der Waals surface area contributed by atoms with Gasteiger partial charge in [0.15, 0.2) is 0 Å². The Bertz CT molecular complexity index is 256. The molecule has 1 rings (SSSR count). The second-order valence-corrected chi connectivity index (χ2v) is 5.83. The van der Waals surface area contributed by atoms with Crippen molar-refractivity contribution < 1.29 is 17.9 Å². The van der Waals surface area contributed by atoms with Crippen LogP contribution >= 0.6 is 0 Å². The molecule has 0 bridgehead atoms. The van der Waals surface area contributed by atoms with Crippen LogP contribution in [0.3, 0.4) is 0 Å². The summed E-state index contributed by atoms with van der Waals surface area (Å²) in [7, 11) is 1.82. The first kappa shape index (κ1) is 15.7. The molecule has 0 aromatic carbocycles. The first-order chi connectivity index (χ1) is 8.18. The van der Waals surface area contributed by atoms with Crippen LogP contribution in [0.1, 0.15) is 26.7 Å². The van der Waals surface area contributed by atoms with Crippen LogP contribution in [0.5, 0.6) is 0 Å². The highest BCUT2D eigenvalue weighted by atomic mass is 19.4. The largest absolute Gasteiger partial charge is 0.522 e. The van der Waals surface area contributed by atoms with Crippen LogP contribution < -0.4 is 5.32 Å². The Kier molecular flexibility index (Phi) is 5.43. The molecule has 0 aliphatic carbocycles. The number of rotatable bonds is 6. The fraction of sp³-hybridized carbons (Fsp3) is 1.00. The van der Waals surface area contributed by atoms with Gasteiger partial charge in [-0.2, -0.15) is 0 Å². The van der Waals surface area contributed by atoms with Crippen molar-refractivity contribution >= 4 is 0 Å². The highest BCUT2D eigenvalue weighted by Crippen LogP contribution is 2.28. The van der Waals surface area contributed by atoms with Gasteiger partial charge in [-0.05, 0) is 31.8 Å². The fourth-order valence-corrected chi connectivity index (χ4v) is 2.24. The maximum atomic E-state index is 11.8. The second kappa shape index (κ2) is 6.21. The van der Waals surface area contributed by atoms with E-state index < -0.39 is 6.36 Å². The quantitative estimate of drug-likeness (QED) is 0.799. The molecule has 108 valence electrons. The minimum absolute atomic E-state index is 0.301. The molecule has 0 aromatic heterocycles. The predicted molar refractivity (Wildman–Crippen MR) is 64.3 cm³/mol. The van der Waals surface area contributed by atoms with E-state index in [4.69, 9.17) is 0 Å². The fourth-order valence-electron chi connectivity index (χ4n) is 2.24. The summed E-state index contributed by atoms with van der Waals surface area (Å²) >= 11 is 0. The molecule has 0 aromatic rings. The molecule has 1 heterocycles. The van der Waals surface area contributed by atoms with Crippen LogP contribution in [-0.2, 0) is 4.74 Å². The summed E-state index contributed by atoms with van der Waals surface area (Å²) in [6.45, 7) is 6.24. The molecule has 1 atom stereocenters. The number of nitrogens with one attached hydrogen (secondary N) is 1. The lowest BCUT2D eigenvalue weighted by Gasteiger charge is -2.20. The molecule has 1 aliphatic heterocycles. The zero-order valence-electron chi connectivity index (χ0n) is 11.3. The van der Waals surface area contributed by atoms with Crippen molar-refractivity contribution in [1.29, 1.82) is 0 Å². The maximum absolute atomic E-state index is 11.8. The Morgan fingerprint density at radius 3 is 2.50 bits per heavy atom. The van der Waals surface area contributed by atoms with E-state index in [0.29, 0.717) is 18.0 Å². The summed E-state index contributed by atoms with van der Waals surface area (Å²) in [6, 6.07) is 0.478. The summed E-state index contributed by atoms with van der Waals surface area (Å²) < 4.78 is 39.1. The number of halogens is 3. The van der Waals surface area contributed by atoms with E-state index in [0.717, 1.165) is 25.9 Å². The third-order valence-electron chi connectivity index (χ3n) is 3.27. The summed E-state index contributed by atoms with van der Waals surface area (Å²) in [5.74, 6) is 0. The average molecular weight is 268 g/mol. The molecule has 0 saturated carbocycles. The minimum Gasteiger partial charge on any atom is -0.313 e. The molecular weight excluding hydrogens is 245 g/mol. The van der Waals surface area contributed by atoms with Gasteiger partial charge in [0.1, 0.15) is 0 Å². The number of ether oxygens (including phenoxy) is 1. The summed E-state index contributed by atoms with van der Waals surface area (Å²) in [5.41, 5.74) is 0.336. The van der Waals surface area contributed by atoms with Gasteiger partial charge in [-0.15, -0.1) is 13.2 Å². The first-order valence-electron chi connectivity index (χ1n) is 6.31. The average Bonchev–Trinajstić information content (AvgIpc) is 2.53. The van der Waals surface area contributed by atoms with Crippen LogP contribution in [0.4, 0.5) is 13.2 Å². The molecule has 1 saturated heterocycles. The van der Waals surface area contributed by atoms with Gasteiger partial charge in [0.2, 0.25) is 0 Å². The van der Waals surface area contributed by atoms with Gasteiger partial charge >= 0.3 is 6.36 Å². The smallest absolute Gasteiger partial charge is 0.313 e. The summed E-state index contributed by atoms with van der Waals surface area (Å²) in [6.07, 6.45) is -2.43. The molecule has 6 heteroatoms. The second-order valence-electron chi connectivity index (χ2n) is 5.83. The lowest BCUT2D eigenvalue weighted by Crippen LogP contribution is -2.31. The van der Waals surface area contributed by atoms with Gasteiger partial charge in [0.05, 0.1) is 6.61 Å². The van der Waals surface area contributed by atoms with Gasteiger partial charge in [-0.25, -0.2) is 0 Å². The van der Waals surface area contributed by atoms with Crippen LogP contribution in [-0.4, -0.2) is 50.6 Å². The van der Waals surface area contributed by atoms with E-state index in [-0.39, 0.29) is 6.61 Å². The lowest BCUT2D eigenvalue weighted by molar-refractivity contribution is -0.324. The molecule has 0 radical (unpaired) electrons. The van der Waals surface area contributed by atoms with Gasteiger partial charge in [-0.3, -0.25) is 4.74 Å². The van der Waals surface area contributed by atoms with Crippen LogP contribution in [0.15, 0.2) is 0 Å². The zero-order valence-corrected chi connectivity index (χ0v) is 11.3. The SMILES string of the molecule is CN(CCOC(F)(F)F)CCC1CC(C)(C)CN1. The highest BCUT2D eigenvalue weighted by Gasteiger charge is 2.30. The number of nitrogens with zero attached hydrogens (tertiary/aromatic N) is 1. The van der Waals surface area contributed by atoms with E-state index in [1.165, 1.54) is 0 Å². The Balaban J connectivity index is 2.09. The van der Waals surface area contributed by atoms with Gasteiger partial charge in [0.25, 0.3) is 0 Å². The van der Waals surface area contributed by atoms with Crippen molar-refractivity contribution in [2.45, 2.75) is 39.1 Å². The van der Waals surface area contributed by atoms with Crippen molar-refractivity contribution in [2.75, 3.05) is 33.3 Å². The summed E-state index contributed by atoms with van der Waals surface area (Å²) in [4.78, 5) is 1.87. The lowest BCUT2D eigenvalue weighted by atomic mass is 9.90. The zero-order chi connectivity index (χ0) is 13.8. The Morgan fingerprint density at radius 2 is 2.00 bits per heavy atom. The maximum Gasteiger partial charge on any atom is 0.522 e. The Labute approximate surface area is 107 Å². The molecule has 0 amide bonds. The standard InChI is InChI=1S/C12H23F3N2O/c1-11(2)8-10(16-9-11)4-5-17(3)6-7-18-12(13,14)15/h10,16H,4-9H2,1-3H3. The Morgan fingerprint density at radius 1 is 1.33 bits per heavy atom. The van der Waals surface area contributed by atoms with Crippen LogP contribution in [0.25, 0.3) is 0 Å². The summed E-state index contributed by atoms with van der Waals surface area (Å²) in [5, 5.41) is 3.44. The van der Waals surface area contributed by atoms with Crippen molar-refractivity contribution in [2.24, 2.45) is 5.41 Å². The van der Waals surface area contributed by atoms with Crippen molar-refractivity contribution in [3.63, 3.8) is 0 Å². The van der Waals surface area contributed by atoms with Gasteiger partial charge in [-0.1, -0.05) is 13.8 Å². The van der Waals surface area contributed by atoms with Gasteiger partial charge < -0.3 is 10.2 Å². The molecule has 1 fully saturated rings. The number of alkyl halides is 3. The van der Waals surface area contributed by atoms with Crippen molar-refractivity contribution in [3.05, 3.63) is 0 Å². The molecule has 1 aliphatic rings. The monoisotopic (exact) mass is 268 g/mol. The van der Waals surface area contributed by atoms with E-state index in [9.17, 15) is 13.2 Å². The van der Waals surface area contributed by atoms with E-state index >= 15 is 0 Å². The molecule has 1 N–H and O–H groups in total. The van der Waals surface area contributed by atoms with Crippen LogP contribution in [0, 0.1) is 5.41 Å². The topological polar surface area (TPSA) is 24.5 Å². The third-order valence-corrected chi connectivity index (χ3v) is 3.27. The Hall–Kier alpha value is -0.330. The van der Waals surface area contributed by atoms with E-state index in [1.54, 1.807) is 0 Å². The molecule has 0 spiro atoms. The first-order valence-corrected chi connectivity index (χ1v) is 6.31. The van der Waals surface area contributed by atoms with Crippen molar-refractivity contribution in [3.8, 4) is 0 Å². The third kappa shape index (κ3) is 6.56. The van der Waals surface area contributed by atoms with Gasteiger partial charge in [0, 0.05) is 19.1 Å². The normalized spacial score (nSPS) is 23.8. The minimum atomic E-state index is -4.52. The number of likely N-dealkylation sites (N-methyl/N-ethyl adjacent to an activating group) is 1. The number of hydrogen-bond acceptors (Lipinski definition) is 3. The molecule has 18 heavy (non-hydrogen) atoms.